The molecule has 2 amide bonds. The molecular formula is C28H24N2O4. The first-order chi connectivity index (χ1) is 16.6. The third-order valence-corrected chi connectivity index (χ3v) is 6.35. The van der Waals surface area contributed by atoms with Crippen LogP contribution in [0.15, 0.2) is 102 Å². The smallest absolute Gasteiger partial charge is 0.258 e. The van der Waals surface area contributed by atoms with E-state index in [1.165, 1.54) is 0 Å². The Labute approximate surface area is 197 Å². The lowest BCUT2D eigenvalue weighted by molar-refractivity contribution is -0.153. The Morgan fingerprint density at radius 1 is 0.882 bits per heavy atom. The number of rotatable bonds is 7. The normalized spacial score (nSPS) is 19.2. The highest BCUT2D eigenvalue weighted by atomic mass is 16.5. The molecule has 5 rings (SSSR count). The zero-order valence-corrected chi connectivity index (χ0v) is 18.7. The molecule has 0 saturated carbocycles. The molecule has 2 aliphatic heterocycles. The molecule has 1 N–H and O–H groups in total. The number of hydrogen-bond acceptors (Lipinski definition) is 4. The van der Waals surface area contributed by atoms with E-state index in [1.54, 1.807) is 24.0 Å². The third kappa shape index (κ3) is 3.77. The van der Waals surface area contributed by atoms with Crippen LogP contribution in [0.3, 0.4) is 0 Å². The highest BCUT2D eigenvalue weighted by molar-refractivity contribution is 6.15. The maximum absolute atomic E-state index is 13.2. The van der Waals surface area contributed by atoms with Gasteiger partial charge in [0, 0.05) is 17.2 Å². The van der Waals surface area contributed by atoms with Gasteiger partial charge in [-0.3, -0.25) is 19.3 Å². The van der Waals surface area contributed by atoms with Gasteiger partial charge in [-0.05, 0) is 30.2 Å². The summed E-state index contributed by atoms with van der Waals surface area (Å²) in [7, 11) is 0. The molecule has 2 aliphatic rings. The summed E-state index contributed by atoms with van der Waals surface area (Å²) < 4.78 is 5.47. The molecule has 6 heteroatoms. The van der Waals surface area contributed by atoms with Crippen LogP contribution >= 0.6 is 0 Å². The average molecular weight is 453 g/mol. The van der Waals surface area contributed by atoms with Crippen LogP contribution in [0.5, 0.6) is 5.75 Å². The Bertz CT molecular complexity index is 1220. The summed E-state index contributed by atoms with van der Waals surface area (Å²) in [5, 5.41) is 2.70. The zero-order valence-electron chi connectivity index (χ0n) is 18.7. The van der Waals surface area contributed by atoms with Crippen LogP contribution in [-0.2, 0) is 14.4 Å². The van der Waals surface area contributed by atoms with Gasteiger partial charge in [0.05, 0.1) is 0 Å². The van der Waals surface area contributed by atoms with E-state index in [0.717, 1.165) is 11.1 Å². The number of hydrogen-bond donors (Lipinski definition) is 1. The molecule has 0 bridgehead atoms. The van der Waals surface area contributed by atoms with Crippen LogP contribution in [0.25, 0.3) is 0 Å². The number of Topliss-reactive ketones (excluding diaryl/α,β-unsaturated/α-hetero) is 1. The fourth-order valence-corrected chi connectivity index (χ4v) is 4.73. The fourth-order valence-electron chi connectivity index (χ4n) is 4.73. The Hall–Kier alpha value is -4.19. The van der Waals surface area contributed by atoms with Gasteiger partial charge in [0.15, 0.2) is 12.4 Å². The van der Waals surface area contributed by atoms with E-state index in [9.17, 15) is 14.4 Å². The molecular weight excluding hydrogens is 428 g/mol. The molecule has 3 aromatic carbocycles. The summed E-state index contributed by atoms with van der Waals surface area (Å²) in [5.74, 6) is -0.567. The second kappa shape index (κ2) is 8.98. The zero-order chi connectivity index (χ0) is 23.7. The van der Waals surface area contributed by atoms with Gasteiger partial charge in [0.1, 0.15) is 17.8 Å². The van der Waals surface area contributed by atoms with Crippen molar-refractivity contribution in [3.05, 3.63) is 113 Å². The number of nitrogens with one attached hydrogen (secondary N) is 1. The first kappa shape index (κ1) is 21.6. The van der Waals surface area contributed by atoms with Gasteiger partial charge in [-0.2, -0.15) is 0 Å². The number of carbonyl (C=O) groups is 3. The first-order valence-corrected chi connectivity index (χ1v) is 11.2. The number of para-hydroxylation sites is 1. The summed E-state index contributed by atoms with van der Waals surface area (Å²) in [6.07, 6.45) is 0. The number of ether oxygens (including phenoxy) is 1. The lowest BCUT2D eigenvalue weighted by Crippen LogP contribution is -2.71. The number of ketones is 1. The van der Waals surface area contributed by atoms with Crippen molar-refractivity contribution in [3.8, 4) is 5.75 Å². The standard InChI is InChI=1S/C28H24N2O4/c1-18-25(23(19-11-5-2-6-12-19)20-13-7-3-8-14-20)30-26(27(18)32)24(28(30)33)29-22(31)17-34-21-15-9-4-10-16-21/h2-16,23-24,26H,17H2,1H3,(H,29,31)/t24?,26-/m0/s1. The van der Waals surface area contributed by atoms with E-state index in [4.69, 9.17) is 4.74 Å². The van der Waals surface area contributed by atoms with E-state index in [-0.39, 0.29) is 24.2 Å². The summed E-state index contributed by atoms with van der Waals surface area (Å²) in [6, 6.07) is 27.0. The number of allylic oxidation sites excluding steroid dienone is 1. The quantitative estimate of drug-likeness (QED) is 0.557. The molecule has 1 unspecified atom stereocenters. The van der Waals surface area contributed by atoms with Crippen LogP contribution in [-0.4, -0.2) is 41.2 Å². The Morgan fingerprint density at radius 3 is 1.97 bits per heavy atom. The van der Waals surface area contributed by atoms with E-state index in [1.807, 2.05) is 78.9 Å². The van der Waals surface area contributed by atoms with E-state index < -0.39 is 18.0 Å². The van der Waals surface area contributed by atoms with Gasteiger partial charge < -0.3 is 10.1 Å². The van der Waals surface area contributed by atoms with Crippen molar-refractivity contribution in [1.29, 1.82) is 0 Å². The minimum absolute atomic E-state index is 0.138. The van der Waals surface area contributed by atoms with Gasteiger partial charge in [0.25, 0.3) is 11.8 Å². The predicted octanol–water partition coefficient (Wildman–Crippen LogP) is 3.45. The molecule has 34 heavy (non-hydrogen) atoms. The van der Waals surface area contributed by atoms with Crippen molar-refractivity contribution >= 4 is 17.6 Å². The van der Waals surface area contributed by atoms with Crippen LogP contribution in [0.4, 0.5) is 0 Å². The SMILES string of the molecule is CC1=C(C(c2ccccc2)c2ccccc2)N2C(=O)C(NC(=O)COc3ccccc3)[C@H]2C1=O. The van der Waals surface area contributed by atoms with Crippen molar-refractivity contribution < 1.29 is 19.1 Å². The monoisotopic (exact) mass is 452 g/mol. The summed E-state index contributed by atoms with van der Waals surface area (Å²) in [4.78, 5) is 40.5. The number of β-lactam (4-membered cyclic amide) rings is 1. The lowest BCUT2D eigenvalue weighted by Gasteiger charge is -2.44. The molecule has 0 spiro atoms. The van der Waals surface area contributed by atoms with Crippen molar-refractivity contribution in [2.45, 2.75) is 24.9 Å². The van der Waals surface area contributed by atoms with E-state index in [0.29, 0.717) is 17.0 Å². The minimum Gasteiger partial charge on any atom is -0.484 e. The van der Waals surface area contributed by atoms with Crippen molar-refractivity contribution in [2.75, 3.05) is 6.61 Å². The second-order valence-electron chi connectivity index (χ2n) is 8.43. The largest absolute Gasteiger partial charge is 0.484 e. The molecule has 0 aliphatic carbocycles. The highest BCUT2D eigenvalue weighted by Crippen LogP contribution is 2.45. The molecule has 2 heterocycles. The minimum atomic E-state index is -0.890. The molecule has 1 fully saturated rings. The van der Waals surface area contributed by atoms with Crippen molar-refractivity contribution in [2.24, 2.45) is 0 Å². The number of fused-ring (bicyclic) bond motifs is 1. The summed E-state index contributed by atoms with van der Waals surface area (Å²) in [6.45, 7) is 1.53. The molecule has 6 nitrogen and oxygen atoms in total. The van der Waals surface area contributed by atoms with Crippen LogP contribution < -0.4 is 10.1 Å². The Balaban J connectivity index is 1.37. The summed E-state index contributed by atoms with van der Waals surface area (Å²) >= 11 is 0. The molecule has 3 aromatic rings. The van der Waals surface area contributed by atoms with E-state index in [2.05, 4.69) is 5.32 Å². The van der Waals surface area contributed by atoms with Gasteiger partial charge in [-0.1, -0.05) is 78.9 Å². The van der Waals surface area contributed by atoms with Gasteiger partial charge >= 0.3 is 0 Å². The van der Waals surface area contributed by atoms with E-state index >= 15 is 0 Å². The second-order valence-corrected chi connectivity index (χ2v) is 8.43. The first-order valence-electron chi connectivity index (χ1n) is 11.2. The van der Waals surface area contributed by atoms with Crippen LogP contribution in [0.2, 0.25) is 0 Å². The molecule has 170 valence electrons. The maximum Gasteiger partial charge on any atom is 0.258 e. The number of amides is 2. The number of carbonyl (C=O) groups excluding carboxylic acids is 3. The predicted molar refractivity (Wildman–Crippen MR) is 127 cm³/mol. The van der Waals surface area contributed by atoms with Gasteiger partial charge in [0.2, 0.25) is 0 Å². The molecule has 0 aromatic heterocycles. The average Bonchev–Trinajstić information content (AvgIpc) is 3.11. The summed E-state index contributed by atoms with van der Waals surface area (Å²) in [5.41, 5.74) is 3.22. The highest BCUT2D eigenvalue weighted by Gasteiger charge is 2.59. The van der Waals surface area contributed by atoms with Crippen molar-refractivity contribution in [1.82, 2.24) is 10.2 Å². The topological polar surface area (TPSA) is 75.7 Å². The molecule has 2 atom stereocenters. The van der Waals surface area contributed by atoms with Crippen molar-refractivity contribution in [3.63, 3.8) is 0 Å². The maximum atomic E-state index is 13.2. The Morgan fingerprint density at radius 2 is 1.41 bits per heavy atom. The fraction of sp³-hybridized carbons (Fsp3) is 0.179. The number of nitrogens with zero attached hydrogens (tertiary/aromatic N) is 1. The van der Waals surface area contributed by atoms with Crippen LogP contribution in [0.1, 0.15) is 24.0 Å². The number of benzene rings is 3. The van der Waals surface area contributed by atoms with Gasteiger partial charge in [-0.15, -0.1) is 0 Å². The Kier molecular flexibility index (Phi) is 5.72. The van der Waals surface area contributed by atoms with Crippen LogP contribution in [0, 0.1) is 0 Å². The molecule has 0 radical (unpaired) electrons. The lowest BCUT2D eigenvalue weighted by atomic mass is 9.86. The molecule has 1 saturated heterocycles. The van der Waals surface area contributed by atoms with Gasteiger partial charge in [-0.25, -0.2) is 0 Å². The third-order valence-electron chi connectivity index (χ3n) is 6.35.